The summed E-state index contributed by atoms with van der Waals surface area (Å²) in [6.45, 7) is 0.428. The normalized spacial score (nSPS) is 9.67. The Morgan fingerprint density at radius 3 is 3.00 bits per heavy atom. The van der Waals surface area contributed by atoms with Crippen LogP contribution >= 0.6 is 28.1 Å². The van der Waals surface area contributed by atoms with Crippen LogP contribution in [0.25, 0.3) is 0 Å². The smallest absolute Gasteiger partial charge is 0.271 e. The lowest BCUT2D eigenvalue weighted by atomic mass is 10.3. The van der Waals surface area contributed by atoms with Gasteiger partial charge in [0.05, 0.1) is 4.99 Å². The van der Waals surface area contributed by atoms with Crippen LogP contribution in [0.3, 0.4) is 0 Å². The van der Waals surface area contributed by atoms with Crippen molar-refractivity contribution in [2.45, 2.75) is 6.42 Å². The molecule has 1 rings (SSSR count). The fraction of sp³-hybridized carbons (Fsp3) is 0.222. The van der Waals surface area contributed by atoms with Crippen LogP contribution in [0, 0.1) is 0 Å². The highest BCUT2D eigenvalue weighted by Crippen LogP contribution is 2.12. The van der Waals surface area contributed by atoms with Crippen molar-refractivity contribution in [3.05, 3.63) is 28.5 Å². The van der Waals surface area contributed by atoms with Crippen molar-refractivity contribution in [1.29, 1.82) is 0 Å². The average molecular weight is 288 g/mol. The summed E-state index contributed by atoms with van der Waals surface area (Å²) in [6.07, 6.45) is 2.05. The molecule has 0 bridgehead atoms. The Kier molecular flexibility index (Phi) is 4.64. The predicted octanol–water partition coefficient (Wildman–Crippen LogP) is 1.25. The minimum atomic E-state index is -0.237. The number of carbonyl (C=O) groups excluding carboxylic acids is 1. The second-order valence-corrected chi connectivity index (χ2v) is 4.18. The SMILES string of the molecule is NC(=S)CCNC(=O)c1ncccc1Br. The molecule has 0 aromatic carbocycles. The van der Waals surface area contributed by atoms with E-state index in [2.05, 4.69) is 26.2 Å². The lowest BCUT2D eigenvalue weighted by Gasteiger charge is -2.04. The number of nitrogens with one attached hydrogen (secondary N) is 1. The third-order valence-corrected chi connectivity index (χ3v) is 2.47. The summed E-state index contributed by atoms with van der Waals surface area (Å²) in [6, 6.07) is 3.51. The van der Waals surface area contributed by atoms with Gasteiger partial charge in [-0.1, -0.05) is 12.2 Å². The number of hydrogen-bond acceptors (Lipinski definition) is 3. The fourth-order valence-corrected chi connectivity index (χ4v) is 1.47. The Labute approximate surface area is 101 Å². The number of carbonyl (C=O) groups is 1. The minimum absolute atomic E-state index is 0.237. The highest BCUT2D eigenvalue weighted by Gasteiger charge is 2.09. The van der Waals surface area contributed by atoms with Gasteiger partial charge < -0.3 is 11.1 Å². The maximum Gasteiger partial charge on any atom is 0.271 e. The van der Waals surface area contributed by atoms with Crippen LogP contribution in [0.1, 0.15) is 16.9 Å². The highest BCUT2D eigenvalue weighted by molar-refractivity contribution is 9.10. The van der Waals surface area contributed by atoms with Crippen molar-refractivity contribution in [2.75, 3.05) is 6.54 Å². The Morgan fingerprint density at radius 1 is 1.67 bits per heavy atom. The number of nitrogens with two attached hydrogens (primary N) is 1. The molecule has 0 fully saturated rings. The summed E-state index contributed by atoms with van der Waals surface area (Å²) in [4.78, 5) is 15.9. The van der Waals surface area contributed by atoms with Crippen molar-refractivity contribution < 1.29 is 4.79 Å². The van der Waals surface area contributed by atoms with Gasteiger partial charge in [-0.2, -0.15) is 0 Å². The van der Waals surface area contributed by atoms with Crippen molar-refractivity contribution in [1.82, 2.24) is 10.3 Å². The van der Waals surface area contributed by atoms with Crippen LogP contribution in [0.4, 0.5) is 0 Å². The molecule has 0 saturated carbocycles. The number of halogens is 1. The molecule has 1 heterocycles. The molecule has 0 saturated heterocycles. The topological polar surface area (TPSA) is 68.0 Å². The minimum Gasteiger partial charge on any atom is -0.393 e. The van der Waals surface area contributed by atoms with Crippen molar-refractivity contribution in [2.24, 2.45) is 5.73 Å². The summed E-state index contributed by atoms with van der Waals surface area (Å²) in [5, 5.41) is 2.67. The quantitative estimate of drug-likeness (QED) is 0.818. The van der Waals surface area contributed by atoms with E-state index >= 15 is 0 Å². The number of hydrogen-bond donors (Lipinski definition) is 2. The van der Waals surface area contributed by atoms with Gasteiger partial charge in [-0.3, -0.25) is 4.79 Å². The largest absolute Gasteiger partial charge is 0.393 e. The first-order valence-corrected chi connectivity index (χ1v) is 5.48. The molecule has 1 aromatic heterocycles. The molecule has 4 nitrogen and oxygen atoms in total. The highest BCUT2D eigenvalue weighted by atomic mass is 79.9. The van der Waals surface area contributed by atoms with Crippen LogP contribution in [0.5, 0.6) is 0 Å². The van der Waals surface area contributed by atoms with Crippen molar-refractivity contribution in [3.8, 4) is 0 Å². The number of thiocarbonyl (C=S) groups is 1. The molecule has 0 radical (unpaired) electrons. The molecule has 0 aliphatic rings. The number of aromatic nitrogens is 1. The molecule has 3 N–H and O–H groups in total. The first-order valence-electron chi connectivity index (χ1n) is 4.28. The van der Waals surface area contributed by atoms with Crippen molar-refractivity contribution in [3.63, 3.8) is 0 Å². The Bertz CT molecular complexity index is 383. The molecule has 1 aromatic rings. The van der Waals surface area contributed by atoms with E-state index in [4.69, 9.17) is 18.0 Å². The zero-order valence-electron chi connectivity index (χ0n) is 7.87. The van der Waals surface area contributed by atoms with Crippen LogP contribution in [0.2, 0.25) is 0 Å². The van der Waals surface area contributed by atoms with Gasteiger partial charge >= 0.3 is 0 Å². The molecular weight excluding hydrogens is 278 g/mol. The summed E-state index contributed by atoms with van der Waals surface area (Å²) in [5.41, 5.74) is 5.66. The Balaban J connectivity index is 2.54. The molecule has 0 unspecified atom stereocenters. The monoisotopic (exact) mass is 287 g/mol. The summed E-state index contributed by atoms with van der Waals surface area (Å²) < 4.78 is 0.665. The Morgan fingerprint density at radius 2 is 2.40 bits per heavy atom. The lowest BCUT2D eigenvalue weighted by Crippen LogP contribution is -2.28. The van der Waals surface area contributed by atoms with Gasteiger partial charge in [-0.25, -0.2) is 4.98 Å². The Hall–Kier alpha value is -1.01. The van der Waals surface area contributed by atoms with Crippen LogP contribution in [-0.2, 0) is 0 Å². The second-order valence-electron chi connectivity index (χ2n) is 2.81. The predicted molar refractivity (Wildman–Crippen MR) is 65.7 cm³/mol. The third kappa shape index (κ3) is 3.93. The van der Waals surface area contributed by atoms with E-state index < -0.39 is 0 Å². The van der Waals surface area contributed by atoms with E-state index in [1.54, 1.807) is 18.3 Å². The number of rotatable bonds is 4. The number of pyridine rings is 1. The third-order valence-electron chi connectivity index (χ3n) is 1.63. The molecule has 80 valence electrons. The first kappa shape index (κ1) is 12.1. The van der Waals surface area contributed by atoms with Gasteiger partial charge in [-0.05, 0) is 28.1 Å². The van der Waals surface area contributed by atoms with Crippen LogP contribution in [0.15, 0.2) is 22.8 Å². The van der Waals surface area contributed by atoms with E-state index in [0.29, 0.717) is 28.1 Å². The molecular formula is C9H10BrN3OS. The summed E-state index contributed by atoms with van der Waals surface area (Å²) >= 11 is 7.94. The first-order chi connectivity index (χ1) is 7.11. The molecule has 6 heteroatoms. The molecule has 0 aliphatic heterocycles. The van der Waals surface area contributed by atoms with Crippen LogP contribution in [-0.4, -0.2) is 22.4 Å². The average Bonchev–Trinajstić information content (AvgIpc) is 2.17. The molecule has 15 heavy (non-hydrogen) atoms. The van der Waals surface area contributed by atoms with Gasteiger partial charge in [0.1, 0.15) is 5.69 Å². The van der Waals surface area contributed by atoms with E-state index in [0.717, 1.165) is 0 Å². The maximum atomic E-state index is 11.6. The maximum absolute atomic E-state index is 11.6. The van der Waals surface area contributed by atoms with Gasteiger partial charge in [0, 0.05) is 23.6 Å². The van der Waals surface area contributed by atoms with Gasteiger partial charge in [0.15, 0.2) is 0 Å². The number of amides is 1. The molecule has 0 atom stereocenters. The lowest BCUT2D eigenvalue weighted by molar-refractivity contribution is 0.0949. The second kappa shape index (κ2) is 5.77. The van der Waals surface area contributed by atoms with E-state index in [1.807, 2.05) is 0 Å². The van der Waals surface area contributed by atoms with E-state index in [9.17, 15) is 4.79 Å². The van der Waals surface area contributed by atoms with E-state index in [-0.39, 0.29) is 5.91 Å². The zero-order chi connectivity index (χ0) is 11.3. The zero-order valence-corrected chi connectivity index (χ0v) is 10.3. The van der Waals surface area contributed by atoms with Gasteiger partial charge in [0.25, 0.3) is 5.91 Å². The number of nitrogens with zero attached hydrogens (tertiary/aromatic N) is 1. The standard InChI is InChI=1S/C9H10BrN3OS/c10-6-2-1-4-12-8(6)9(14)13-5-3-7(11)15/h1-2,4H,3,5H2,(H2,11,15)(H,13,14). The summed E-state index contributed by atoms with van der Waals surface area (Å²) in [7, 11) is 0. The molecule has 0 spiro atoms. The summed E-state index contributed by atoms with van der Waals surface area (Å²) in [5.74, 6) is -0.237. The van der Waals surface area contributed by atoms with Crippen LogP contribution < -0.4 is 11.1 Å². The fourth-order valence-electron chi connectivity index (χ4n) is 0.936. The molecule has 1 amide bonds. The van der Waals surface area contributed by atoms with E-state index in [1.165, 1.54) is 0 Å². The molecule has 0 aliphatic carbocycles. The van der Waals surface area contributed by atoms with Crippen molar-refractivity contribution >= 4 is 39.0 Å². The van der Waals surface area contributed by atoms with Gasteiger partial charge in [-0.15, -0.1) is 0 Å². The van der Waals surface area contributed by atoms with Gasteiger partial charge in [0.2, 0.25) is 0 Å².